The van der Waals surface area contributed by atoms with Gasteiger partial charge in [-0.3, -0.25) is 0 Å². The number of aromatic nitrogens is 5. The van der Waals surface area contributed by atoms with Crippen molar-refractivity contribution in [1.82, 2.24) is 24.3 Å². The fraction of sp³-hybridized carbons (Fsp3) is 0.118. The number of nitrogens with one attached hydrogen (secondary N) is 1. The van der Waals surface area contributed by atoms with Crippen molar-refractivity contribution >= 4 is 38.5 Å². The summed E-state index contributed by atoms with van der Waals surface area (Å²) in [4.78, 5) is 9.31. The van der Waals surface area contributed by atoms with Crippen molar-refractivity contribution in [2.45, 2.75) is 6.92 Å². The molecular weight excluding hydrogens is 368 g/mol. The second-order valence-corrected chi connectivity index (χ2v) is 6.49. The number of nitrogens with zero attached hydrogens (tertiary/aromatic N) is 5. The Labute approximate surface area is 147 Å². The Morgan fingerprint density at radius 2 is 1.96 bits per heavy atom. The Kier molecular flexibility index (Phi) is 3.57. The SMILES string of the molecule is Cc1ccn(-c2nc(Nc3cccc(Br)c3)c3ccn(C)c3n2)n1. The highest BCUT2D eigenvalue weighted by Gasteiger charge is 2.12. The first-order chi connectivity index (χ1) is 11.6. The van der Waals surface area contributed by atoms with Gasteiger partial charge in [-0.2, -0.15) is 15.1 Å². The van der Waals surface area contributed by atoms with Gasteiger partial charge >= 0.3 is 0 Å². The number of halogens is 1. The maximum atomic E-state index is 4.67. The summed E-state index contributed by atoms with van der Waals surface area (Å²) in [6.45, 7) is 1.94. The Hall–Kier alpha value is -2.67. The van der Waals surface area contributed by atoms with Gasteiger partial charge in [-0.1, -0.05) is 22.0 Å². The Bertz CT molecular complexity index is 1030. The van der Waals surface area contributed by atoms with Crippen LogP contribution in [0.25, 0.3) is 17.0 Å². The minimum atomic E-state index is 0.537. The molecule has 4 rings (SSSR count). The summed E-state index contributed by atoms with van der Waals surface area (Å²) in [7, 11) is 1.97. The van der Waals surface area contributed by atoms with Gasteiger partial charge in [-0.25, -0.2) is 4.68 Å². The number of hydrogen-bond donors (Lipinski definition) is 1. The third-order valence-electron chi connectivity index (χ3n) is 3.73. The van der Waals surface area contributed by atoms with Crippen LogP contribution in [0.2, 0.25) is 0 Å². The van der Waals surface area contributed by atoms with Gasteiger partial charge in [-0.05, 0) is 37.3 Å². The molecule has 4 aromatic rings. The third-order valence-corrected chi connectivity index (χ3v) is 4.22. The summed E-state index contributed by atoms with van der Waals surface area (Å²) in [6, 6.07) is 11.9. The maximum Gasteiger partial charge on any atom is 0.254 e. The van der Waals surface area contributed by atoms with E-state index >= 15 is 0 Å². The fourth-order valence-electron chi connectivity index (χ4n) is 2.55. The molecule has 0 unspecified atom stereocenters. The van der Waals surface area contributed by atoms with Crippen LogP contribution in [-0.4, -0.2) is 24.3 Å². The number of rotatable bonds is 3. The molecule has 120 valence electrons. The second kappa shape index (κ2) is 5.76. The Morgan fingerprint density at radius 3 is 2.71 bits per heavy atom. The van der Waals surface area contributed by atoms with E-state index in [9.17, 15) is 0 Å². The van der Waals surface area contributed by atoms with E-state index in [-0.39, 0.29) is 0 Å². The molecule has 3 aromatic heterocycles. The molecule has 0 saturated heterocycles. The predicted molar refractivity (Wildman–Crippen MR) is 97.8 cm³/mol. The fourth-order valence-corrected chi connectivity index (χ4v) is 2.95. The van der Waals surface area contributed by atoms with Gasteiger partial charge < -0.3 is 9.88 Å². The first kappa shape index (κ1) is 14.9. The molecule has 24 heavy (non-hydrogen) atoms. The summed E-state index contributed by atoms with van der Waals surface area (Å²) in [5.41, 5.74) is 2.73. The van der Waals surface area contributed by atoms with Crippen LogP contribution in [-0.2, 0) is 7.05 Å². The molecule has 0 spiro atoms. The largest absolute Gasteiger partial charge is 0.339 e. The number of hydrogen-bond acceptors (Lipinski definition) is 4. The zero-order valence-electron chi connectivity index (χ0n) is 13.2. The van der Waals surface area contributed by atoms with Crippen LogP contribution in [0.1, 0.15) is 5.69 Å². The minimum Gasteiger partial charge on any atom is -0.339 e. The first-order valence-corrected chi connectivity index (χ1v) is 8.28. The molecule has 0 aliphatic heterocycles. The van der Waals surface area contributed by atoms with Crippen molar-refractivity contribution in [1.29, 1.82) is 0 Å². The molecule has 0 radical (unpaired) electrons. The topological polar surface area (TPSA) is 60.6 Å². The number of aryl methyl sites for hydroxylation is 2. The molecule has 7 heteroatoms. The van der Waals surface area contributed by atoms with E-state index in [0.29, 0.717) is 5.95 Å². The molecule has 0 saturated carbocycles. The van der Waals surface area contributed by atoms with Gasteiger partial charge in [0.1, 0.15) is 11.5 Å². The lowest BCUT2D eigenvalue weighted by molar-refractivity contribution is 0.798. The van der Waals surface area contributed by atoms with Crippen molar-refractivity contribution in [3.63, 3.8) is 0 Å². The van der Waals surface area contributed by atoms with Crippen LogP contribution in [0.5, 0.6) is 0 Å². The van der Waals surface area contributed by atoms with Crippen LogP contribution in [0.15, 0.2) is 53.3 Å². The van der Waals surface area contributed by atoms with E-state index in [1.54, 1.807) is 4.68 Å². The molecule has 0 amide bonds. The van der Waals surface area contributed by atoms with Gasteiger partial charge in [0.2, 0.25) is 0 Å². The summed E-state index contributed by atoms with van der Waals surface area (Å²) < 4.78 is 4.67. The van der Waals surface area contributed by atoms with Crippen molar-refractivity contribution in [3.8, 4) is 5.95 Å². The van der Waals surface area contributed by atoms with Crippen LogP contribution < -0.4 is 5.32 Å². The number of benzene rings is 1. The van der Waals surface area contributed by atoms with Gasteiger partial charge in [0, 0.05) is 29.6 Å². The van der Waals surface area contributed by atoms with Crippen LogP contribution >= 0.6 is 15.9 Å². The zero-order chi connectivity index (χ0) is 16.7. The molecular formula is C17H15BrN6. The van der Waals surface area contributed by atoms with E-state index < -0.39 is 0 Å². The lowest BCUT2D eigenvalue weighted by Crippen LogP contribution is -2.06. The average molecular weight is 383 g/mol. The highest BCUT2D eigenvalue weighted by molar-refractivity contribution is 9.10. The Balaban J connectivity index is 1.86. The van der Waals surface area contributed by atoms with Crippen molar-refractivity contribution in [2.75, 3.05) is 5.32 Å². The van der Waals surface area contributed by atoms with Crippen molar-refractivity contribution < 1.29 is 0 Å². The van der Waals surface area contributed by atoms with Crippen LogP contribution in [0, 0.1) is 6.92 Å². The first-order valence-electron chi connectivity index (χ1n) is 7.48. The van der Waals surface area contributed by atoms with E-state index in [1.165, 1.54) is 0 Å². The highest BCUT2D eigenvalue weighted by Crippen LogP contribution is 2.26. The molecule has 1 aromatic carbocycles. The standard InChI is InChI=1S/C17H15BrN6/c1-11-6-9-24(22-11)17-20-15(14-7-8-23(2)16(14)21-17)19-13-5-3-4-12(18)10-13/h3-10H,1-2H3,(H,19,20,21). The van der Waals surface area contributed by atoms with Gasteiger partial charge in [0.15, 0.2) is 0 Å². The average Bonchev–Trinajstić information content (AvgIpc) is 3.14. The van der Waals surface area contributed by atoms with E-state index in [2.05, 4.69) is 36.3 Å². The molecule has 0 aliphatic rings. The van der Waals surface area contributed by atoms with Crippen molar-refractivity contribution in [2.24, 2.45) is 7.05 Å². The lowest BCUT2D eigenvalue weighted by Gasteiger charge is -2.10. The second-order valence-electron chi connectivity index (χ2n) is 5.57. The molecule has 0 fully saturated rings. The maximum absolute atomic E-state index is 4.67. The quantitative estimate of drug-likeness (QED) is 0.582. The Morgan fingerprint density at radius 1 is 1.08 bits per heavy atom. The summed E-state index contributed by atoms with van der Waals surface area (Å²) in [5, 5.41) is 8.76. The summed E-state index contributed by atoms with van der Waals surface area (Å²) >= 11 is 3.49. The predicted octanol–water partition coefficient (Wildman–Crippen LogP) is 3.97. The molecule has 0 atom stereocenters. The third kappa shape index (κ3) is 2.67. The lowest BCUT2D eigenvalue weighted by atomic mass is 10.3. The van der Waals surface area contributed by atoms with E-state index in [1.807, 2.05) is 67.3 Å². The summed E-state index contributed by atoms with van der Waals surface area (Å²) in [6.07, 6.45) is 3.84. The van der Waals surface area contributed by atoms with Crippen LogP contribution in [0.4, 0.5) is 11.5 Å². The van der Waals surface area contributed by atoms with Gasteiger partial charge in [0.05, 0.1) is 11.1 Å². The highest BCUT2D eigenvalue weighted by atomic mass is 79.9. The summed E-state index contributed by atoms with van der Waals surface area (Å²) in [5.74, 6) is 1.29. The molecule has 6 nitrogen and oxygen atoms in total. The molecule has 3 heterocycles. The van der Waals surface area contributed by atoms with Crippen LogP contribution in [0.3, 0.4) is 0 Å². The van der Waals surface area contributed by atoms with E-state index in [0.717, 1.165) is 32.7 Å². The van der Waals surface area contributed by atoms with Gasteiger partial charge in [-0.15, -0.1) is 0 Å². The molecule has 0 bridgehead atoms. The zero-order valence-corrected chi connectivity index (χ0v) is 14.8. The normalized spacial score (nSPS) is 11.1. The number of anilines is 2. The molecule has 1 N–H and O–H groups in total. The smallest absolute Gasteiger partial charge is 0.254 e. The minimum absolute atomic E-state index is 0.537. The number of fused-ring (bicyclic) bond motifs is 1. The van der Waals surface area contributed by atoms with Crippen molar-refractivity contribution in [3.05, 3.63) is 59.0 Å². The monoisotopic (exact) mass is 382 g/mol. The van der Waals surface area contributed by atoms with E-state index in [4.69, 9.17) is 0 Å². The van der Waals surface area contributed by atoms with Gasteiger partial charge in [0.25, 0.3) is 5.95 Å². The molecule has 0 aliphatic carbocycles.